The number of hydrogen-bond donors (Lipinski definition) is 0. The molecule has 0 bridgehead atoms. The minimum absolute atomic E-state index is 0.0174. The van der Waals surface area contributed by atoms with Gasteiger partial charge in [-0.25, -0.2) is 0 Å². The van der Waals surface area contributed by atoms with Gasteiger partial charge in [-0.1, -0.05) is 46.3 Å². The molecule has 0 saturated carbocycles. The highest BCUT2D eigenvalue weighted by molar-refractivity contribution is 9.10. The van der Waals surface area contributed by atoms with Gasteiger partial charge in [0.25, 0.3) is 0 Å². The molecule has 2 aromatic carbocycles. The third-order valence-corrected chi connectivity index (χ3v) is 3.48. The Hall–Kier alpha value is -1.61. The van der Waals surface area contributed by atoms with Crippen molar-refractivity contribution in [3.8, 4) is 5.75 Å². The zero-order valence-corrected chi connectivity index (χ0v) is 11.6. The summed E-state index contributed by atoms with van der Waals surface area (Å²) in [6.07, 6.45) is 0. The molecule has 92 valence electrons. The Balaban J connectivity index is 1.99. The van der Waals surface area contributed by atoms with Crippen molar-refractivity contribution in [2.75, 3.05) is 6.61 Å². The van der Waals surface area contributed by atoms with Gasteiger partial charge in [0.15, 0.2) is 12.4 Å². The van der Waals surface area contributed by atoms with E-state index in [1.807, 2.05) is 43.3 Å². The van der Waals surface area contributed by atoms with Crippen LogP contribution < -0.4 is 4.74 Å². The Labute approximate surface area is 115 Å². The van der Waals surface area contributed by atoms with Crippen molar-refractivity contribution in [2.45, 2.75) is 6.92 Å². The third kappa shape index (κ3) is 3.20. The van der Waals surface area contributed by atoms with Crippen molar-refractivity contribution in [2.24, 2.45) is 0 Å². The standard InChI is InChI=1S/C15H13BrO2/c1-11-9-13(7-8-14(11)16)18-10-15(17)12-5-3-2-4-6-12/h2-9H,10H2,1H3. The van der Waals surface area contributed by atoms with Crippen LogP contribution in [-0.4, -0.2) is 12.4 Å². The van der Waals surface area contributed by atoms with Crippen LogP contribution in [0.5, 0.6) is 5.75 Å². The van der Waals surface area contributed by atoms with E-state index in [0.717, 1.165) is 10.0 Å². The third-order valence-electron chi connectivity index (χ3n) is 2.60. The van der Waals surface area contributed by atoms with Crippen molar-refractivity contribution < 1.29 is 9.53 Å². The summed E-state index contributed by atoms with van der Waals surface area (Å²) in [5.74, 6) is 0.691. The van der Waals surface area contributed by atoms with Crippen LogP contribution in [0.25, 0.3) is 0 Å². The van der Waals surface area contributed by atoms with Crippen molar-refractivity contribution in [3.63, 3.8) is 0 Å². The van der Waals surface area contributed by atoms with Gasteiger partial charge in [-0.15, -0.1) is 0 Å². The van der Waals surface area contributed by atoms with Gasteiger partial charge in [0.2, 0.25) is 0 Å². The SMILES string of the molecule is Cc1cc(OCC(=O)c2ccccc2)ccc1Br. The summed E-state index contributed by atoms with van der Waals surface area (Å²) in [5.41, 5.74) is 1.76. The monoisotopic (exact) mass is 304 g/mol. The zero-order chi connectivity index (χ0) is 13.0. The van der Waals surface area contributed by atoms with E-state index in [0.29, 0.717) is 11.3 Å². The van der Waals surface area contributed by atoms with Crippen LogP contribution in [0.15, 0.2) is 53.0 Å². The first kappa shape index (κ1) is 12.8. The number of Topliss-reactive ketones (excluding diaryl/α,β-unsaturated/α-hetero) is 1. The molecule has 2 nitrogen and oxygen atoms in total. The number of ketones is 1. The highest BCUT2D eigenvalue weighted by Gasteiger charge is 2.06. The van der Waals surface area contributed by atoms with Gasteiger partial charge >= 0.3 is 0 Å². The number of ether oxygens (including phenoxy) is 1. The van der Waals surface area contributed by atoms with E-state index in [-0.39, 0.29) is 12.4 Å². The molecule has 0 aliphatic carbocycles. The predicted octanol–water partition coefficient (Wildman–Crippen LogP) is 4.02. The number of hydrogen-bond acceptors (Lipinski definition) is 2. The number of aryl methyl sites for hydroxylation is 1. The summed E-state index contributed by atoms with van der Waals surface area (Å²) >= 11 is 3.42. The van der Waals surface area contributed by atoms with Crippen LogP contribution in [-0.2, 0) is 0 Å². The van der Waals surface area contributed by atoms with E-state index >= 15 is 0 Å². The summed E-state index contributed by atoms with van der Waals surface area (Å²) in [6, 6.07) is 14.8. The molecule has 3 heteroatoms. The molecular formula is C15H13BrO2. The molecule has 0 spiro atoms. The number of carbonyl (C=O) groups excluding carboxylic acids is 1. The number of halogens is 1. The minimum Gasteiger partial charge on any atom is -0.485 e. The van der Waals surface area contributed by atoms with Crippen LogP contribution >= 0.6 is 15.9 Å². The topological polar surface area (TPSA) is 26.3 Å². The van der Waals surface area contributed by atoms with Gasteiger partial charge in [-0.2, -0.15) is 0 Å². The van der Waals surface area contributed by atoms with Crippen molar-refractivity contribution in [1.82, 2.24) is 0 Å². The van der Waals surface area contributed by atoms with Crippen LogP contribution in [0.1, 0.15) is 15.9 Å². The first-order valence-electron chi connectivity index (χ1n) is 5.64. The molecule has 0 aliphatic rings. The molecule has 18 heavy (non-hydrogen) atoms. The fraction of sp³-hybridized carbons (Fsp3) is 0.133. The predicted molar refractivity (Wildman–Crippen MR) is 75.1 cm³/mol. The maximum atomic E-state index is 11.8. The van der Waals surface area contributed by atoms with Gasteiger partial charge in [0.1, 0.15) is 5.75 Å². The maximum Gasteiger partial charge on any atom is 0.200 e. The highest BCUT2D eigenvalue weighted by Crippen LogP contribution is 2.21. The Kier molecular flexibility index (Phi) is 4.15. The minimum atomic E-state index is -0.0174. The molecule has 0 aromatic heterocycles. The van der Waals surface area contributed by atoms with E-state index < -0.39 is 0 Å². The van der Waals surface area contributed by atoms with Gasteiger partial charge in [0.05, 0.1) is 0 Å². The lowest BCUT2D eigenvalue weighted by molar-refractivity contribution is 0.0921. The van der Waals surface area contributed by atoms with E-state index in [1.54, 1.807) is 12.1 Å². The van der Waals surface area contributed by atoms with Crippen LogP contribution in [0.2, 0.25) is 0 Å². The van der Waals surface area contributed by atoms with Gasteiger partial charge in [0, 0.05) is 10.0 Å². The Morgan fingerprint density at radius 3 is 2.56 bits per heavy atom. The van der Waals surface area contributed by atoms with E-state index in [9.17, 15) is 4.79 Å². The van der Waals surface area contributed by atoms with Gasteiger partial charge in [-0.3, -0.25) is 4.79 Å². The van der Waals surface area contributed by atoms with Crippen LogP contribution in [0.3, 0.4) is 0 Å². The molecule has 0 atom stereocenters. The molecule has 0 amide bonds. The lowest BCUT2D eigenvalue weighted by Gasteiger charge is -2.07. The lowest BCUT2D eigenvalue weighted by Crippen LogP contribution is -2.11. The normalized spacial score (nSPS) is 10.1. The van der Waals surface area contributed by atoms with Crippen LogP contribution in [0, 0.1) is 6.92 Å². The van der Waals surface area contributed by atoms with Crippen molar-refractivity contribution in [1.29, 1.82) is 0 Å². The summed E-state index contributed by atoms with van der Waals surface area (Å²) in [4.78, 5) is 11.8. The fourth-order valence-corrected chi connectivity index (χ4v) is 1.81. The second-order valence-corrected chi connectivity index (χ2v) is 4.84. The molecule has 0 saturated heterocycles. The first-order chi connectivity index (χ1) is 8.66. The zero-order valence-electron chi connectivity index (χ0n) is 10.0. The average Bonchev–Trinajstić information content (AvgIpc) is 2.41. The van der Waals surface area contributed by atoms with Crippen molar-refractivity contribution >= 4 is 21.7 Å². The number of rotatable bonds is 4. The van der Waals surface area contributed by atoms with Crippen molar-refractivity contribution in [3.05, 3.63) is 64.1 Å². The molecule has 0 heterocycles. The first-order valence-corrected chi connectivity index (χ1v) is 6.43. The summed E-state index contributed by atoms with van der Waals surface area (Å²) in [6.45, 7) is 2.04. The molecular weight excluding hydrogens is 292 g/mol. The Bertz CT molecular complexity index is 550. The lowest BCUT2D eigenvalue weighted by atomic mass is 10.1. The van der Waals surface area contributed by atoms with E-state index in [2.05, 4.69) is 15.9 Å². The highest BCUT2D eigenvalue weighted by atomic mass is 79.9. The molecule has 0 fully saturated rings. The van der Waals surface area contributed by atoms with E-state index in [4.69, 9.17) is 4.74 Å². The van der Waals surface area contributed by atoms with E-state index in [1.165, 1.54) is 0 Å². The number of benzene rings is 2. The molecule has 0 N–H and O–H groups in total. The average molecular weight is 305 g/mol. The fourth-order valence-electron chi connectivity index (χ4n) is 1.56. The summed E-state index contributed by atoms with van der Waals surface area (Å²) < 4.78 is 6.52. The largest absolute Gasteiger partial charge is 0.485 e. The summed E-state index contributed by atoms with van der Waals surface area (Å²) in [7, 11) is 0. The Morgan fingerprint density at radius 1 is 1.17 bits per heavy atom. The molecule has 0 unspecified atom stereocenters. The number of carbonyl (C=O) groups is 1. The molecule has 2 rings (SSSR count). The van der Waals surface area contributed by atoms with Gasteiger partial charge in [-0.05, 0) is 30.7 Å². The van der Waals surface area contributed by atoms with Gasteiger partial charge < -0.3 is 4.74 Å². The Morgan fingerprint density at radius 2 is 1.89 bits per heavy atom. The second kappa shape index (κ2) is 5.83. The second-order valence-electron chi connectivity index (χ2n) is 3.99. The summed E-state index contributed by atoms with van der Waals surface area (Å²) in [5, 5.41) is 0. The van der Waals surface area contributed by atoms with Crippen LogP contribution in [0.4, 0.5) is 0 Å². The molecule has 0 aliphatic heterocycles. The quantitative estimate of drug-likeness (QED) is 0.798. The molecule has 2 aromatic rings. The molecule has 0 radical (unpaired) electrons. The maximum absolute atomic E-state index is 11.8. The smallest absolute Gasteiger partial charge is 0.200 e.